The Labute approximate surface area is 104 Å². The van der Waals surface area contributed by atoms with Crippen LogP contribution in [0.1, 0.15) is 11.1 Å². The average molecular weight is 234 g/mol. The Hall–Kier alpha value is -1.06. The van der Waals surface area contributed by atoms with E-state index in [4.69, 9.17) is 0 Å². The molecule has 0 bridgehead atoms. The molecule has 1 aliphatic rings. The topological polar surface area (TPSA) is 26.7 Å². The number of aliphatic hydroxyl groups is 1. The van der Waals surface area contributed by atoms with Gasteiger partial charge in [0.05, 0.1) is 12.6 Å². The maximum Gasteiger partial charge on any atom is 0.0604 e. The Morgan fingerprint density at radius 1 is 1.24 bits per heavy atom. The number of aliphatic hydroxyl groups excluding tert-OH is 1. The number of aryl methyl sites for hydroxylation is 2. The summed E-state index contributed by atoms with van der Waals surface area (Å²) >= 11 is 0. The van der Waals surface area contributed by atoms with Gasteiger partial charge >= 0.3 is 0 Å². The molecule has 3 nitrogen and oxygen atoms in total. The molecule has 2 rings (SSSR count). The Balaban J connectivity index is 2.14. The first kappa shape index (κ1) is 12.4. The summed E-state index contributed by atoms with van der Waals surface area (Å²) < 4.78 is 0. The molecule has 1 saturated heterocycles. The van der Waals surface area contributed by atoms with Crippen molar-refractivity contribution in [3.8, 4) is 0 Å². The van der Waals surface area contributed by atoms with Crippen LogP contribution >= 0.6 is 0 Å². The fraction of sp³-hybridized carbons (Fsp3) is 0.571. The van der Waals surface area contributed by atoms with Crippen LogP contribution in [-0.2, 0) is 0 Å². The first-order valence-corrected chi connectivity index (χ1v) is 6.25. The number of hydrogen-bond donors (Lipinski definition) is 1. The van der Waals surface area contributed by atoms with Crippen LogP contribution in [0.3, 0.4) is 0 Å². The second-order valence-corrected chi connectivity index (χ2v) is 5.03. The van der Waals surface area contributed by atoms with Crippen LogP contribution in [0.2, 0.25) is 0 Å². The zero-order valence-corrected chi connectivity index (χ0v) is 11.0. The van der Waals surface area contributed by atoms with E-state index in [2.05, 4.69) is 48.9 Å². The number of anilines is 1. The molecule has 0 amide bonds. The van der Waals surface area contributed by atoms with E-state index in [0.29, 0.717) is 0 Å². The number of hydrogen-bond acceptors (Lipinski definition) is 3. The van der Waals surface area contributed by atoms with E-state index in [1.165, 1.54) is 16.8 Å². The van der Waals surface area contributed by atoms with Crippen molar-refractivity contribution in [2.24, 2.45) is 0 Å². The van der Waals surface area contributed by atoms with Crippen molar-refractivity contribution in [1.82, 2.24) is 4.90 Å². The lowest BCUT2D eigenvalue weighted by Crippen LogP contribution is -2.53. The van der Waals surface area contributed by atoms with E-state index in [1.54, 1.807) is 0 Å². The maximum absolute atomic E-state index is 9.36. The monoisotopic (exact) mass is 234 g/mol. The Morgan fingerprint density at radius 3 is 2.65 bits per heavy atom. The van der Waals surface area contributed by atoms with Crippen LogP contribution in [0, 0.1) is 13.8 Å². The zero-order valence-electron chi connectivity index (χ0n) is 11.0. The third kappa shape index (κ3) is 2.61. The Kier molecular flexibility index (Phi) is 3.69. The number of likely N-dealkylation sites (N-methyl/N-ethyl adjacent to an activating group) is 1. The number of benzene rings is 1. The normalized spacial score (nSPS) is 21.9. The van der Waals surface area contributed by atoms with Gasteiger partial charge in [-0.05, 0) is 44.2 Å². The average Bonchev–Trinajstić information content (AvgIpc) is 2.33. The van der Waals surface area contributed by atoms with Gasteiger partial charge in [0.15, 0.2) is 0 Å². The summed E-state index contributed by atoms with van der Waals surface area (Å²) in [6, 6.07) is 6.86. The van der Waals surface area contributed by atoms with Crippen molar-refractivity contribution in [1.29, 1.82) is 0 Å². The lowest BCUT2D eigenvalue weighted by Gasteiger charge is -2.40. The molecular weight excluding hydrogens is 212 g/mol. The summed E-state index contributed by atoms with van der Waals surface area (Å²) in [4.78, 5) is 4.60. The van der Waals surface area contributed by atoms with Gasteiger partial charge in [0.25, 0.3) is 0 Å². The van der Waals surface area contributed by atoms with Gasteiger partial charge in [-0.2, -0.15) is 0 Å². The van der Waals surface area contributed by atoms with Crippen LogP contribution < -0.4 is 4.90 Å². The lowest BCUT2D eigenvalue weighted by molar-refractivity contribution is 0.135. The largest absolute Gasteiger partial charge is 0.395 e. The fourth-order valence-corrected chi connectivity index (χ4v) is 2.30. The molecule has 0 radical (unpaired) electrons. The molecule has 0 saturated carbocycles. The molecule has 0 aromatic heterocycles. The molecule has 94 valence electrons. The molecule has 1 aliphatic heterocycles. The van der Waals surface area contributed by atoms with E-state index < -0.39 is 0 Å². The van der Waals surface area contributed by atoms with Crippen LogP contribution in [0.5, 0.6) is 0 Å². The van der Waals surface area contributed by atoms with Gasteiger partial charge < -0.3 is 10.0 Å². The smallest absolute Gasteiger partial charge is 0.0604 e. The number of rotatable bonds is 2. The van der Waals surface area contributed by atoms with Gasteiger partial charge in [0, 0.05) is 25.3 Å². The van der Waals surface area contributed by atoms with Crippen molar-refractivity contribution in [2.45, 2.75) is 19.9 Å². The highest BCUT2D eigenvalue weighted by Gasteiger charge is 2.23. The third-order valence-corrected chi connectivity index (χ3v) is 3.84. The molecule has 1 N–H and O–H groups in total. The van der Waals surface area contributed by atoms with Gasteiger partial charge in [-0.1, -0.05) is 6.07 Å². The second-order valence-electron chi connectivity index (χ2n) is 5.03. The van der Waals surface area contributed by atoms with E-state index in [-0.39, 0.29) is 12.6 Å². The van der Waals surface area contributed by atoms with Crippen LogP contribution in [0.15, 0.2) is 18.2 Å². The zero-order chi connectivity index (χ0) is 12.4. The molecule has 1 aromatic carbocycles. The number of nitrogens with zero attached hydrogens (tertiary/aromatic N) is 2. The van der Waals surface area contributed by atoms with Crippen LogP contribution in [0.4, 0.5) is 5.69 Å². The standard InChI is InChI=1S/C14H22N2O/c1-11-4-5-13(8-12(11)2)16-7-6-15(3)14(9-16)10-17/h4-5,8,14,17H,6-7,9-10H2,1-3H3. The predicted molar refractivity (Wildman–Crippen MR) is 71.6 cm³/mol. The highest BCUT2D eigenvalue weighted by molar-refractivity contribution is 5.51. The minimum Gasteiger partial charge on any atom is -0.395 e. The highest BCUT2D eigenvalue weighted by Crippen LogP contribution is 2.21. The van der Waals surface area contributed by atoms with Crippen LogP contribution in [0.25, 0.3) is 0 Å². The van der Waals surface area contributed by atoms with Crippen molar-refractivity contribution in [2.75, 3.05) is 38.2 Å². The summed E-state index contributed by atoms with van der Waals surface area (Å²) in [7, 11) is 2.08. The number of piperazine rings is 1. The predicted octanol–water partition coefficient (Wildman–Crippen LogP) is 1.42. The van der Waals surface area contributed by atoms with E-state index in [0.717, 1.165) is 19.6 Å². The summed E-state index contributed by atoms with van der Waals surface area (Å²) in [5, 5.41) is 9.36. The first-order valence-electron chi connectivity index (χ1n) is 6.25. The fourth-order valence-electron chi connectivity index (χ4n) is 2.30. The SMILES string of the molecule is Cc1ccc(N2CCN(C)C(CO)C2)cc1C. The summed E-state index contributed by atoms with van der Waals surface area (Å²) in [6.07, 6.45) is 0. The van der Waals surface area contributed by atoms with Crippen molar-refractivity contribution in [3.05, 3.63) is 29.3 Å². The van der Waals surface area contributed by atoms with E-state index >= 15 is 0 Å². The van der Waals surface area contributed by atoms with Crippen molar-refractivity contribution in [3.63, 3.8) is 0 Å². The highest BCUT2D eigenvalue weighted by atomic mass is 16.3. The van der Waals surface area contributed by atoms with E-state index in [9.17, 15) is 5.11 Å². The van der Waals surface area contributed by atoms with Gasteiger partial charge in [-0.25, -0.2) is 0 Å². The third-order valence-electron chi connectivity index (χ3n) is 3.84. The summed E-state index contributed by atoms with van der Waals surface area (Å²) in [5.41, 5.74) is 3.95. The molecule has 1 aromatic rings. The molecule has 1 heterocycles. The van der Waals surface area contributed by atoms with Gasteiger partial charge in [0.2, 0.25) is 0 Å². The quantitative estimate of drug-likeness (QED) is 0.838. The molecule has 0 aliphatic carbocycles. The minimum atomic E-state index is 0.234. The molecule has 1 fully saturated rings. The maximum atomic E-state index is 9.36. The first-order chi connectivity index (χ1) is 8.11. The Morgan fingerprint density at radius 2 is 2.00 bits per heavy atom. The molecule has 1 atom stereocenters. The summed E-state index contributed by atoms with van der Waals surface area (Å²) in [5.74, 6) is 0. The molecule has 3 heteroatoms. The molecule has 17 heavy (non-hydrogen) atoms. The Bertz CT molecular complexity index is 392. The second kappa shape index (κ2) is 5.07. The van der Waals surface area contributed by atoms with Gasteiger partial charge in [0.1, 0.15) is 0 Å². The lowest BCUT2D eigenvalue weighted by atomic mass is 10.1. The van der Waals surface area contributed by atoms with Gasteiger partial charge in [-0.3, -0.25) is 4.90 Å². The summed E-state index contributed by atoms with van der Waals surface area (Å²) in [6.45, 7) is 7.49. The van der Waals surface area contributed by atoms with Crippen molar-refractivity contribution >= 4 is 5.69 Å². The molecule has 0 spiro atoms. The minimum absolute atomic E-state index is 0.234. The molecule has 1 unspecified atom stereocenters. The van der Waals surface area contributed by atoms with Gasteiger partial charge in [-0.15, -0.1) is 0 Å². The van der Waals surface area contributed by atoms with Crippen molar-refractivity contribution < 1.29 is 5.11 Å². The molecular formula is C14H22N2O. The van der Waals surface area contributed by atoms with E-state index in [1.807, 2.05) is 0 Å². The van der Waals surface area contributed by atoms with Crippen LogP contribution in [-0.4, -0.2) is 49.3 Å².